The number of benzene rings is 2. The van der Waals surface area contributed by atoms with E-state index in [1.807, 2.05) is 0 Å². The lowest BCUT2D eigenvalue weighted by Crippen LogP contribution is -2.29. The van der Waals surface area contributed by atoms with Crippen LogP contribution in [0.4, 0.5) is 4.39 Å². The van der Waals surface area contributed by atoms with Crippen LogP contribution in [0, 0.1) is 5.82 Å². The third-order valence-electron chi connectivity index (χ3n) is 5.00. The number of methoxy groups -OCH3 is 1. The molecule has 2 heterocycles. The lowest BCUT2D eigenvalue weighted by molar-refractivity contribution is -0.140. The molecule has 1 atom stereocenters. The molecule has 1 aliphatic rings. The minimum absolute atomic E-state index is 0.0268. The first kappa shape index (κ1) is 19.4. The summed E-state index contributed by atoms with van der Waals surface area (Å²) in [6, 6.07) is 14.4. The van der Waals surface area contributed by atoms with E-state index in [4.69, 9.17) is 9.15 Å². The minimum Gasteiger partial charge on any atom is -0.507 e. The van der Waals surface area contributed by atoms with Crippen molar-refractivity contribution in [3.63, 3.8) is 0 Å². The van der Waals surface area contributed by atoms with Gasteiger partial charge in [0.15, 0.2) is 0 Å². The van der Waals surface area contributed by atoms with Crippen molar-refractivity contribution in [2.75, 3.05) is 7.11 Å². The molecule has 1 N–H and O–H groups in total. The normalized spacial score (nSPS) is 18.1. The molecule has 1 amide bonds. The summed E-state index contributed by atoms with van der Waals surface area (Å²) in [5.41, 5.74) is 0.791. The van der Waals surface area contributed by atoms with Crippen LogP contribution < -0.4 is 4.74 Å². The Labute approximate surface area is 171 Å². The Kier molecular flexibility index (Phi) is 5.10. The number of carbonyl (C=O) groups is 2. The third kappa shape index (κ3) is 3.45. The molecule has 0 aliphatic carbocycles. The SMILES string of the molecule is COc1ccc(/C(O)=C2\C(=O)C(=O)N(Cc3ccco3)[C@H]2c2ccc(F)cc2)cc1. The quantitative estimate of drug-likeness (QED) is 0.392. The molecule has 0 radical (unpaired) electrons. The summed E-state index contributed by atoms with van der Waals surface area (Å²) in [5.74, 6) is -1.28. The molecule has 7 heteroatoms. The topological polar surface area (TPSA) is 80.0 Å². The van der Waals surface area contributed by atoms with E-state index in [9.17, 15) is 19.1 Å². The number of Topliss-reactive ketones (excluding diaryl/α,β-unsaturated/α-hetero) is 1. The van der Waals surface area contributed by atoms with Gasteiger partial charge < -0.3 is 19.2 Å². The number of hydrogen-bond donors (Lipinski definition) is 1. The highest BCUT2D eigenvalue weighted by Gasteiger charge is 2.46. The van der Waals surface area contributed by atoms with Crippen LogP contribution in [0.1, 0.15) is 22.9 Å². The second kappa shape index (κ2) is 7.87. The standard InChI is InChI=1S/C23H18FNO5/c1-29-17-10-6-15(7-11-17)21(26)19-20(14-4-8-16(24)9-5-14)25(23(28)22(19)27)13-18-3-2-12-30-18/h2-12,20,26H,13H2,1H3/b21-19+/t20-/m0/s1. The fourth-order valence-corrected chi connectivity index (χ4v) is 3.51. The first-order valence-electron chi connectivity index (χ1n) is 9.20. The fourth-order valence-electron chi connectivity index (χ4n) is 3.51. The van der Waals surface area contributed by atoms with Gasteiger partial charge in [0.05, 0.1) is 31.5 Å². The number of carbonyl (C=O) groups excluding carboxylic acids is 2. The van der Waals surface area contributed by atoms with E-state index in [-0.39, 0.29) is 17.9 Å². The van der Waals surface area contributed by atoms with Crippen LogP contribution in [0.15, 0.2) is 76.9 Å². The number of furan rings is 1. The number of ketones is 1. The minimum atomic E-state index is -0.891. The molecular formula is C23H18FNO5. The van der Waals surface area contributed by atoms with Crippen molar-refractivity contribution in [2.45, 2.75) is 12.6 Å². The molecule has 6 nitrogen and oxygen atoms in total. The lowest BCUT2D eigenvalue weighted by Gasteiger charge is -2.24. The van der Waals surface area contributed by atoms with E-state index < -0.39 is 23.5 Å². The van der Waals surface area contributed by atoms with E-state index >= 15 is 0 Å². The largest absolute Gasteiger partial charge is 0.507 e. The van der Waals surface area contributed by atoms with Crippen LogP contribution in [0.3, 0.4) is 0 Å². The molecule has 0 spiro atoms. The number of nitrogens with zero attached hydrogens (tertiary/aromatic N) is 1. The molecule has 1 saturated heterocycles. The van der Waals surface area contributed by atoms with Crippen LogP contribution in [0.2, 0.25) is 0 Å². The Morgan fingerprint density at radius 2 is 1.80 bits per heavy atom. The maximum Gasteiger partial charge on any atom is 0.296 e. The summed E-state index contributed by atoms with van der Waals surface area (Å²) in [7, 11) is 1.52. The van der Waals surface area contributed by atoms with Crippen molar-refractivity contribution in [3.8, 4) is 5.75 Å². The lowest BCUT2D eigenvalue weighted by atomic mass is 9.95. The molecule has 2 aromatic carbocycles. The second-order valence-corrected chi connectivity index (χ2v) is 6.79. The highest BCUT2D eigenvalue weighted by Crippen LogP contribution is 2.40. The first-order chi connectivity index (χ1) is 14.5. The van der Waals surface area contributed by atoms with Crippen molar-refractivity contribution in [2.24, 2.45) is 0 Å². The van der Waals surface area contributed by atoms with Gasteiger partial charge >= 0.3 is 0 Å². The molecule has 1 aliphatic heterocycles. The third-order valence-corrected chi connectivity index (χ3v) is 5.00. The highest BCUT2D eigenvalue weighted by atomic mass is 19.1. The number of ether oxygens (including phenoxy) is 1. The number of likely N-dealkylation sites (tertiary alicyclic amines) is 1. The predicted octanol–water partition coefficient (Wildman–Crippen LogP) is 4.05. The Hall–Kier alpha value is -3.87. The van der Waals surface area contributed by atoms with Gasteiger partial charge in [-0.15, -0.1) is 0 Å². The Morgan fingerprint density at radius 1 is 1.10 bits per heavy atom. The van der Waals surface area contributed by atoms with Crippen molar-refractivity contribution in [3.05, 3.63) is 95.2 Å². The molecular weight excluding hydrogens is 389 g/mol. The molecule has 4 rings (SSSR count). The molecule has 1 aromatic heterocycles. The fraction of sp³-hybridized carbons (Fsp3) is 0.130. The molecule has 0 bridgehead atoms. The van der Waals surface area contributed by atoms with Gasteiger partial charge in [-0.25, -0.2) is 4.39 Å². The second-order valence-electron chi connectivity index (χ2n) is 6.79. The summed E-state index contributed by atoms with van der Waals surface area (Å²) in [6.45, 7) is 0.0268. The molecule has 152 valence electrons. The van der Waals surface area contributed by atoms with E-state index in [0.717, 1.165) is 0 Å². The highest BCUT2D eigenvalue weighted by molar-refractivity contribution is 6.46. The van der Waals surface area contributed by atoms with Crippen molar-refractivity contribution >= 4 is 17.4 Å². The van der Waals surface area contributed by atoms with Crippen LogP contribution in [-0.2, 0) is 16.1 Å². The van der Waals surface area contributed by atoms with Crippen molar-refractivity contribution in [1.29, 1.82) is 0 Å². The van der Waals surface area contributed by atoms with E-state index in [0.29, 0.717) is 22.6 Å². The van der Waals surface area contributed by atoms with Crippen LogP contribution in [0.5, 0.6) is 5.75 Å². The first-order valence-corrected chi connectivity index (χ1v) is 9.20. The van der Waals surface area contributed by atoms with Gasteiger partial charge in [0.1, 0.15) is 23.1 Å². The van der Waals surface area contributed by atoms with Gasteiger partial charge in [-0.1, -0.05) is 12.1 Å². The molecule has 1 fully saturated rings. The number of aliphatic hydroxyl groups is 1. The maximum atomic E-state index is 13.5. The zero-order chi connectivity index (χ0) is 21.3. The summed E-state index contributed by atoms with van der Waals surface area (Å²) in [5, 5.41) is 10.9. The zero-order valence-corrected chi connectivity index (χ0v) is 16.0. The molecule has 0 saturated carbocycles. The average molecular weight is 407 g/mol. The van der Waals surface area contributed by atoms with Crippen LogP contribution in [0.25, 0.3) is 5.76 Å². The number of halogens is 1. The number of rotatable bonds is 5. The maximum absolute atomic E-state index is 13.5. The molecule has 0 unspecified atom stereocenters. The summed E-state index contributed by atoms with van der Waals surface area (Å²) in [4.78, 5) is 27.0. The van der Waals surface area contributed by atoms with Gasteiger partial charge in [-0.05, 0) is 54.1 Å². The van der Waals surface area contributed by atoms with Crippen LogP contribution >= 0.6 is 0 Å². The Bertz CT molecular complexity index is 1100. The van der Waals surface area contributed by atoms with E-state index in [1.165, 1.54) is 42.5 Å². The number of aliphatic hydroxyl groups excluding tert-OH is 1. The van der Waals surface area contributed by atoms with Gasteiger partial charge in [0.2, 0.25) is 0 Å². The Balaban J connectivity index is 1.84. The molecule has 3 aromatic rings. The van der Waals surface area contributed by atoms with Crippen LogP contribution in [-0.4, -0.2) is 28.8 Å². The van der Waals surface area contributed by atoms with Gasteiger partial charge in [0.25, 0.3) is 11.7 Å². The number of hydrogen-bond acceptors (Lipinski definition) is 5. The summed E-state index contributed by atoms with van der Waals surface area (Å²) < 4.78 is 23.9. The molecule has 30 heavy (non-hydrogen) atoms. The van der Waals surface area contributed by atoms with E-state index in [2.05, 4.69) is 0 Å². The van der Waals surface area contributed by atoms with Crippen molar-refractivity contribution in [1.82, 2.24) is 4.90 Å². The van der Waals surface area contributed by atoms with Gasteiger partial charge in [-0.3, -0.25) is 9.59 Å². The summed E-state index contributed by atoms with van der Waals surface area (Å²) >= 11 is 0. The van der Waals surface area contributed by atoms with E-state index in [1.54, 1.807) is 36.4 Å². The van der Waals surface area contributed by atoms with Gasteiger partial charge in [0, 0.05) is 5.56 Å². The van der Waals surface area contributed by atoms with Crippen molar-refractivity contribution < 1.29 is 28.2 Å². The monoisotopic (exact) mass is 407 g/mol. The average Bonchev–Trinajstić information content (AvgIpc) is 3.36. The smallest absolute Gasteiger partial charge is 0.296 e. The Morgan fingerprint density at radius 3 is 2.40 bits per heavy atom. The summed E-state index contributed by atoms with van der Waals surface area (Å²) in [6.07, 6.45) is 1.47. The van der Waals surface area contributed by atoms with Gasteiger partial charge in [-0.2, -0.15) is 0 Å². The zero-order valence-electron chi connectivity index (χ0n) is 16.0. The predicted molar refractivity (Wildman–Crippen MR) is 106 cm³/mol. The number of amides is 1.